The Bertz CT molecular complexity index is 1320. The van der Waals surface area contributed by atoms with E-state index in [1.807, 2.05) is 42.1 Å². The van der Waals surface area contributed by atoms with Gasteiger partial charge in [-0.2, -0.15) is 11.8 Å². The number of hydrogen-bond acceptors (Lipinski definition) is 5. The van der Waals surface area contributed by atoms with Gasteiger partial charge in [0.05, 0.1) is 6.04 Å². The summed E-state index contributed by atoms with van der Waals surface area (Å²) in [4.78, 5) is 9.45. The number of aliphatic imine (C=N–C) groups is 1. The smallest absolute Gasteiger partial charge is 0.217 e. The Morgan fingerprint density at radius 3 is 2.77 bits per heavy atom. The number of hydrogen-bond donors (Lipinski definition) is 1. The number of rotatable bonds is 3. The van der Waals surface area contributed by atoms with Crippen LogP contribution < -0.4 is 4.74 Å². The Hall–Kier alpha value is -2.62. The van der Waals surface area contributed by atoms with Crippen LogP contribution in [-0.4, -0.2) is 20.4 Å². The van der Waals surface area contributed by atoms with Crippen molar-refractivity contribution in [2.45, 2.75) is 17.7 Å². The second-order valence-electron chi connectivity index (χ2n) is 7.47. The summed E-state index contributed by atoms with van der Waals surface area (Å²) in [5.74, 6) is 1.14. The van der Waals surface area contributed by atoms with E-state index in [1.165, 1.54) is 11.1 Å². The molecule has 4 nitrogen and oxygen atoms in total. The minimum atomic E-state index is 0. The molecular weight excluding hydrogens is 587 g/mol. The normalized spacial score (nSPS) is 18.8. The van der Waals surface area contributed by atoms with Crippen LogP contribution in [0, 0.1) is 6.07 Å². The second-order valence-corrected chi connectivity index (χ2v) is 8.70. The molecule has 2 aliphatic rings. The van der Waals surface area contributed by atoms with Gasteiger partial charge in [-0.3, -0.25) is 0 Å². The Labute approximate surface area is 198 Å². The van der Waals surface area contributed by atoms with Crippen LogP contribution >= 0.6 is 11.8 Å². The number of phenolic OH excluding ortho intramolecular Hbond substituents is 1. The first-order valence-electron chi connectivity index (χ1n) is 9.86. The zero-order valence-electron chi connectivity index (χ0n) is 16.3. The van der Waals surface area contributed by atoms with Gasteiger partial charge in [-0.15, -0.1) is 23.8 Å². The summed E-state index contributed by atoms with van der Waals surface area (Å²) in [6.45, 7) is 0. The molecular formula is C25H17N2O2PtS-. The van der Waals surface area contributed by atoms with E-state index >= 15 is 0 Å². The number of aromatic nitrogens is 1. The average Bonchev–Trinajstić information content (AvgIpc) is 3.33. The SMILES string of the molecule is Oc1cccc2ccc(Oc3[c-]c(C4=N[C@H]5c6ccccc6C[C@H]5S4)ccc3)nc12.[Pt]. The predicted octanol–water partition coefficient (Wildman–Crippen LogP) is 5.69. The molecule has 0 saturated heterocycles. The number of aromatic hydroxyl groups is 1. The fraction of sp³-hybridized carbons (Fsp3) is 0.120. The number of ether oxygens (including phenoxy) is 1. The van der Waals surface area contributed by atoms with Gasteiger partial charge in [-0.1, -0.05) is 42.5 Å². The van der Waals surface area contributed by atoms with Crippen LogP contribution in [-0.2, 0) is 27.5 Å². The largest absolute Gasteiger partial charge is 0.506 e. The summed E-state index contributed by atoms with van der Waals surface area (Å²) >= 11 is 1.82. The number of fused-ring (bicyclic) bond motifs is 4. The van der Waals surface area contributed by atoms with E-state index in [0.717, 1.165) is 22.4 Å². The standard InChI is InChI=1S/C25H17N2O2S.Pt/c28-20-10-4-6-15-11-12-22(26-23(15)20)29-18-8-3-7-17(13-18)25-27-24-19-9-2-1-5-16(19)14-21(24)30-25;/h1-12,21,24,28H,14H2;/q-1;/t21-,24+;/m1./s1. The van der Waals surface area contributed by atoms with Gasteiger partial charge in [0.1, 0.15) is 11.3 Å². The van der Waals surface area contributed by atoms with E-state index in [-0.39, 0.29) is 32.9 Å². The number of phenols is 1. The van der Waals surface area contributed by atoms with E-state index < -0.39 is 0 Å². The summed E-state index contributed by atoms with van der Waals surface area (Å²) in [6.07, 6.45) is 1.05. The zero-order valence-corrected chi connectivity index (χ0v) is 19.4. The van der Waals surface area contributed by atoms with Crippen molar-refractivity contribution in [2.75, 3.05) is 0 Å². The molecule has 0 fully saturated rings. The topological polar surface area (TPSA) is 54.7 Å². The van der Waals surface area contributed by atoms with Crippen LogP contribution in [0.4, 0.5) is 0 Å². The third-order valence-corrected chi connectivity index (χ3v) is 6.83. The Kier molecular flexibility index (Phi) is 5.33. The maximum Gasteiger partial charge on any atom is 0.217 e. The molecule has 1 N–H and O–H groups in total. The molecule has 1 aliphatic carbocycles. The first-order valence-corrected chi connectivity index (χ1v) is 10.7. The molecule has 0 radical (unpaired) electrons. The summed E-state index contributed by atoms with van der Waals surface area (Å²) < 4.78 is 5.95. The van der Waals surface area contributed by atoms with E-state index in [4.69, 9.17) is 9.73 Å². The quantitative estimate of drug-likeness (QED) is 0.306. The van der Waals surface area contributed by atoms with Crippen molar-refractivity contribution in [3.05, 3.63) is 95.6 Å². The van der Waals surface area contributed by atoms with Gasteiger partial charge in [0.2, 0.25) is 5.88 Å². The van der Waals surface area contributed by atoms with Gasteiger partial charge < -0.3 is 14.8 Å². The van der Waals surface area contributed by atoms with Gasteiger partial charge in [-0.25, -0.2) is 4.98 Å². The van der Waals surface area contributed by atoms with Crippen molar-refractivity contribution in [1.82, 2.24) is 4.98 Å². The zero-order chi connectivity index (χ0) is 20.1. The fourth-order valence-corrected chi connectivity index (χ4v) is 5.45. The molecule has 1 aromatic heterocycles. The van der Waals surface area contributed by atoms with Gasteiger partial charge in [0.15, 0.2) is 0 Å². The molecule has 2 heterocycles. The molecule has 4 aromatic rings. The van der Waals surface area contributed by atoms with E-state index in [2.05, 4.69) is 35.3 Å². The fourth-order valence-electron chi connectivity index (χ4n) is 4.14. The van der Waals surface area contributed by atoms with Crippen molar-refractivity contribution < 1.29 is 30.9 Å². The van der Waals surface area contributed by atoms with Crippen molar-refractivity contribution in [3.63, 3.8) is 0 Å². The molecule has 0 bridgehead atoms. The third kappa shape index (κ3) is 3.66. The number of thioether (sulfide) groups is 1. The third-order valence-electron chi connectivity index (χ3n) is 5.55. The van der Waals surface area contributed by atoms with Crippen LogP contribution in [0.5, 0.6) is 17.4 Å². The van der Waals surface area contributed by atoms with Gasteiger partial charge in [0, 0.05) is 48.6 Å². The molecule has 3 aromatic carbocycles. The van der Waals surface area contributed by atoms with Crippen molar-refractivity contribution in [3.8, 4) is 17.4 Å². The van der Waals surface area contributed by atoms with E-state index in [1.54, 1.807) is 18.2 Å². The first-order chi connectivity index (χ1) is 14.7. The number of para-hydroxylation sites is 1. The summed E-state index contributed by atoms with van der Waals surface area (Å²) in [5.41, 5.74) is 4.22. The maximum absolute atomic E-state index is 10.1. The Morgan fingerprint density at radius 2 is 1.84 bits per heavy atom. The number of benzene rings is 3. The molecule has 0 saturated carbocycles. The van der Waals surface area contributed by atoms with Gasteiger partial charge in [-0.05, 0) is 29.7 Å². The monoisotopic (exact) mass is 604 g/mol. The van der Waals surface area contributed by atoms with Crippen LogP contribution in [0.25, 0.3) is 10.9 Å². The van der Waals surface area contributed by atoms with Crippen molar-refractivity contribution >= 4 is 27.7 Å². The molecule has 6 heteroatoms. The molecule has 6 rings (SSSR count). The van der Waals surface area contributed by atoms with Crippen molar-refractivity contribution in [1.29, 1.82) is 0 Å². The van der Waals surface area contributed by atoms with E-state index in [0.29, 0.717) is 22.4 Å². The van der Waals surface area contributed by atoms with Crippen LogP contribution in [0.2, 0.25) is 0 Å². The number of nitrogens with zero attached hydrogens (tertiary/aromatic N) is 2. The van der Waals surface area contributed by atoms with Crippen LogP contribution in [0.1, 0.15) is 22.7 Å². The molecule has 156 valence electrons. The van der Waals surface area contributed by atoms with Gasteiger partial charge >= 0.3 is 0 Å². The molecule has 1 aliphatic heterocycles. The first kappa shape index (κ1) is 20.3. The van der Waals surface area contributed by atoms with E-state index in [9.17, 15) is 5.11 Å². The summed E-state index contributed by atoms with van der Waals surface area (Å²) in [6, 6.07) is 27.0. The molecule has 2 atom stereocenters. The Balaban J connectivity index is 0.00000204. The molecule has 0 amide bonds. The minimum Gasteiger partial charge on any atom is -0.506 e. The molecule has 31 heavy (non-hydrogen) atoms. The second kappa shape index (κ2) is 8.14. The molecule has 0 unspecified atom stereocenters. The summed E-state index contributed by atoms with van der Waals surface area (Å²) in [5, 5.41) is 12.4. The minimum absolute atomic E-state index is 0. The summed E-state index contributed by atoms with van der Waals surface area (Å²) in [7, 11) is 0. The molecule has 0 spiro atoms. The van der Waals surface area contributed by atoms with Crippen LogP contribution in [0.15, 0.2) is 77.8 Å². The van der Waals surface area contributed by atoms with Gasteiger partial charge in [0.25, 0.3) is 0 Å². The maximum atomic E-state index is 10.1. The average molecular weight is 605 g/mol. The van der Waals surface area contributed by atoms with Crippen LogP contribution in [0.3, 0.4) is 0 Å². The Morgan fingerprint density at radius 1 is 0.968 bits per heavy atom. The van der Waals surface area contributed by atoms with Crippen molar-refractivity contribution in [2.24, 2.45) is 4.99 Å². The predicted molar refractivity (Wildman–Crippen MR) is 120 cm³/mol. The number of pyridine rings is 1.